The number of hydrogen-bond donors (Lipinski definition) is 1. The number of methoxy groups -OCH3 is 1. The van der Waals surface area contributed by atoms with Gasteiger partial charge in [-0.3, -0.25) is 14.5 Å². The minimum absolute atomic E-state index is 0.0459. The molecule has 1 aromatic rings. The molecular formula is C23H33N3O3. The van der Waals surface area contributed by atoms with Crippen molar-refractivity contribution in [2.75, 3.05) is 33.3 Å². The molecule has 1 aromatic carbocycles. The first-order chi connectivity index (χ1) is 14.2. The first-order valence-electron chi connectivity index (χ1n) is 11.1. The van der Waals surface area contributed by atoms with Gasteiger partial charge in [-0.2, -0.15) is 0 Å². The molecule has 1 unspecified atom stereocenters. The maximum absolute atomic E-state index is 12.8. The van der Waals surface area contributed by atoms with Crippen molar-refractivity contribution in [3.05, 3.63) is 29.8 Å². The molecule has 1 atom stereocenters. The summed E-state index contributed by atoms with van der Waals surface area (Å²) in [4.78, 5) is 29.6. The molecule has 0 bridgehead atoms. The van der Waals surface area contributed by atoms with E-state index >= 15 is 0 Å². The molecule has 2 heterocycles. The molecule has 0 spiro atoms. The van der Waals surface area contributed by atoms with Crippen LogP contribution >= 0.6 is 0 Å². The molecule has 2 aliphatic heterocycles. The van der Waals surface area contributed by atoms with Crippen molar-refractivity contribution in [2.45, 2.75) is 51.1 Å². The fourth-order valence-corrected chi connectivity index (χ4v) is 4.77. The molecule has 0 radical (unpaired) electrons. The third-order valence-electron chi connectivity index (χ3n) is 6.69. The van der Waals surface area contributed by atoms with Crippen LogP contribution in [-0.2, 0) is 16.1 Å². The number of para-hydroxylation sites is 1. The quantitative estimate of drug-likeness (QED) is 0.798. The van der Waals surface area contributed by atoms with E-state index in [1.54, 1.807) is 7.11 Å². The Morgan fingerprint density at radius 3 is 2.52 bits per heavy atom. The molecule has 3 fully saturated rings. The smallest absolute Gasteiger partial charge is 0.225 e. The van der Waals surface area contributed by atoms with Crippen molar-refractivity contribution in [2.24, 2.45) is 11.8 Å². The van der Waals surface area contributed by atoms with Crippen molar-refractivity contribution in [1.82, 2.24) is 15.1 Å². The van der Waals surface area contributed by atoms with Gasteiger partial charge in [-0.1, -0.05) is 18.2 Å². The van der Waals surface area contributed by atoms with Gasteiger partial charge in [0, 0.05) is 43.7 Å². The number of nitrogens with zero attached hydrogens (tertiary/aromatic N) is 2. The molecule has 1 aliphatic carbocycles. The van der Waals surface area contributed by atoms with Crippen molar-refractivity contribution >= 4 is 11.8 Å². The first kappa shape index (κ1) is 20.2. The molecule has 158 valence electrons. The third kappa shape index (κ3) is 4.92. The van der Waals surface area contributed by atoms with Crippen LogP contribution in [0.15, 0.2) is 24.3 Å². The zero-order chi connectivity index (χ0) is 20.2. The van der Waals surface area contributed by atoms with Crippen LogP contribution in [0.4, 0.5) is 0 Å². The highest BCUT2D eigenvalue weighted by Gasteiger charge is 2.37. The first-order valence-corrected chi connectivity index (χ1v) is 11.1. The number of rotatable bonds is 6. The maximum atomic E-state index is 12.8. The number of carbonyl (C=O) groups excluding carboxylic acids is 2. The lowest BCUT2D eigenvalue weighted by molar-refractivity contribution is -0.134. The van der Waals surface area contributed by atoms with E-state index in [-0.39, 0.29) is 11.8 Å². The second-order valence-electron chi connectivity index (χ2n) is 8.69. The van der Waals surface area contributed by atoms with Crippen LogP contribution < -0.4 is 10.1 Å². The summed E-state index contributed by atoms with van der Waals surface area (Å²) >= 11 is 0. The van der Waals surface area contributed by atoms with Crippen LogP contribution in [0.2, 0.25) is 0 Å². The summed E-state index contributed by atoms with van der Waals surface area (Å²) in [6.45, 7) is 4.15. The Bertz CT molecular complexity index is 726. The predicted octanol–water partition coefficient (Wildman–Crippen LogP) is 2.42. The molecule has 6 nitrogen and oxygen atoms in total. The van der Waals surface area contributed by atoms with Crippen molar-refractivity contribution in [3.63, 3.8) is 0 Å². The van der Waals surface area contributed by atoms with Crippen LogP contribution in [0.3, 0.4) is 0 Å². The van der Waals surface area contributed by atoms with Crippen molar-refractivity contribution in [3.8, 4) is 5.75 Å². The van der Waals surface area contributed by atoms with Gasteiger partial charge in [0.25, 0.3) is 0 Å². The summed E-state index contributed by atoms with van der Waals surface area (Å²) < 4.78 is 5.38. The highest BCUT2D eigenvalue weighted by molar-refractivity contribution is 5.81. The van der Waals surface area contributed by atoms with Gasteiger partial charge in [0.1, 0.15) is 5.75 Å². The second kappa shape index (κ2) is 9.16. The van der Waals surface area contributed by atoms with Crippen LogP contribution in [0.25, 0.3) is 0 Å². The minimum atomic E-state index is 0.0459. The van der Waals surface area contributed by atoms with E-state index in [0.717, 1.165) is 76.0 Å². The molecule has 2 amide bonds. The summed E-state index contributed by atoms with van der Waals surface area (Å²) in [5.74, 6) is 1.69. The Hall–Kier alpha value is -2.08. The molecule has 3 aliphatic rings. The summed E-state index contributed by atoms with van der Waals surface area (Å²) in [6.07, 6.45) is 6.25. The number of ether oxygens (including phenoxy) is 1. The van der Waals surface area contributed by atoms with E-state index in [4.69, 9.17) is 4.74 Å². The van der Waals surface area contributed by atoms with E-state index in [1.165, 1.54) is 0 Å². The summed E-state index contributed by atoms with van der Waals surface area (Å²) in [7, 11) is 1.66. The van der Waals surface area contributed by atoms with Crippen LogP contribution in [0.1, 0.15) is 44.1 Å². The number of amides is 2. The topological polar surface area (TPSA) is 61.9 Å². The normalized spacial score (nSPS) is 23.6. The van der Waals surface area contributed by atoms with E-state index in [0.29, 0.717) is 24.4 Å². The van der Waals surface area contributed by atoms with Gasteiger partial charge in [0.2, 0.25) is 11.8 Å². The number of benzene rings is 1. The molecular weight excluding hydrogens is 366 g/mol. The van der Waals surface area contributed by atoms with E-state index in [9.17, 15) is 9.59 Å². The standard InChI is InChI=1S/C23H33N3O3/c1-29-21-7-3-2-5-18(21)15-24-22(27)19-6-4-12-26(16-19)20-10-13-25(14-11-20)23(28)17-8-9-17/h2-3,5,7,17,19-20H,4,6,8-16H2,1H3,(H,24,27). The third-order valence-corrected chi connectivity index (χ3v) is 6.69. The Morgan fingerprint density at radius 2 is 1.79 bits per heavy atom. The fourth-order valence-electron chi connectivity index (χ4n) is 4.77. The predicted molar refractivity (Wildman–Crippen MR) is 111 cm³/mol. The van der Waals surface area contributed by atoms with Crippen molar-refractivity contribution in [1.29, 1.82) is 0 Å². The average Bonchev–Trinajstić information content (AvgIpc) is 3.63. The molecule has 0 aromatic heterocycles. The van der Waals surface area contributed by atoms with Gasteiger partial charge >= 0.3 is 0 Å². The number of nitrogens with one attached hydrogen (secondary N) is 1. The summed E-state index contributed by atoms with van der Waals surface area (Å²) in [5, 5.41) is 3.11. The second-order valence-corrected chi connectivity index (χ2v) is 8.69. The van der Waals surface area contributed by atoms with E-state index < -0.39 is 0 Å². The number of carbonyl (C=O) groups is 2. The SMILES string of the molecule is COc1ccccc1CNC(=O)C1CCCN(C2CCN(C(=O)C3CC3)CC2)C1. The fraction of sp³-hybridized carbons (Fsp3) is 0.652. The molecule has 4 rings (SSSR count). The number of hydrogen-bond acceptors (Lipinski definition) is 4. The van der Waals surface area contributed by atoms with Gasteiger partial charge in [-0.05, 0) is 51.1 Å². The lowest BCUT2D eigenvalue weighted by Gasteiger charge is -2.42. The lowest BCUT2D eigenvalue weighted by atomic mass is 9.93. The molecule has 29 heavy (non-hydrogen) atoms. The number of piperidine rings is 2. The highest BCUT2D eigenvalue weighted by Crippen LogP contribution is 2.32. The van der Waals surface area contributed by atoms with Gasteiger partial charge in [-0.15, -0.1) is 0 Å². The molecule has 2 saturated heterocycles. The number of likely N-dealkylation sites (tertiary alicyclic amines) is 2. The maximum Gasteiger partial charge on any atom is 0.225 e. The Balaban J connectivity index is 1.26. The summed E-state index contributed by atoms with van der Waals surface area (Å²) in [6, 6.07) is 8.31. The van der Waals surface area contributed by atoms with E-state index in [1.807, 2.05) is 24.3 Å². The minimum Gasteiger partial charge on any atom is -0.496 e. The average molecular weight is 400 g/mol. The van der Waals surface area contributed by atoms with Gasteiger partial charge < -0.3 is 15.0 Å². The van der Waals surface area contributed by atoms with Crippen LogP contribution in [0, 0.1) is 11.8 Å². The largest absolute Gasteiger partial charge is 0.496 e. The Kier molecular flexibility index (Phi) is 6.38. The van der Waals surface area contributed by atoms with Crippen LogP contribution in [-0.4, -0.2) is 60.9 Å². The molecule has 1 saturated carbocycles. The van der Waals surface area contributed by atoms with E-state index in [2.05, 4.69) is 15.1 Å². The van der Waals surface area contributed by atoms with Gasteiger partial charge in [-0.25, -0.2) is 0 Å². The van der Waals surface area contributed by atoms with Gasteiger partial charge in [0.05, 0.1) is 13.0 Å². The van der Waals surface area contributed by atoms with Gasteiger partial charge in [0.15, 0.2) is 0 Å². The highest BCUT2D eigenvalue weighted by atomic mass is 16.5. The molecule has 6 heteroatoms. The Morgan fingerprint density at radius 1 is 1.03 bits per heavy atom. The Labute approximate surface area is 173 Å². The van der Waals surface area contributed by atoms with Crippen molar-refractivity contribution < 1.29 is 14.3 Å². The summed E-state index contributed by atoms with van der Waals surface area (Å²) in [5.41, 5.74) is 1.00. The van der Waals surface area contributed by atoms with Crippen LogP contribution in [0.5, 0.6) is 5.75 Å². The lowest BCUT2D eigenvalue weighted by Crippen LogP contribution is -2.51. The zero-order valence-electron chi connectivity index (χ0n) is 17.4. The zero-order valence-corrected chi connectivity index (χ0v) is 17.4. The molecule has 1 N–H and O–H groups in total. The monoisotopic (exact) mass is 399 g/mol.